The lowest BCUT2D eigenvalue weighted by Gasteiger charge is -2.41. The van der Waals surface area contributed by atoms with E-state index in [1.54, 1.807) is 12.4 Å². The molecule has 1 aliphatic rings. The van der Waals surface area contributed by atoms with Crippen molar-refractivity contribution < 1.29 is 14.7 Å². The molecule has 3 rings (SSSR count). The molecular formula is C19H23N3O3. The Kier molecular flexibility index (Phi) is 4.37. The van der Waals surface area contributed by atoms with Crippen LogP contribution < -0.4 is 0 Å². The third-order valence-electron chi connectivity index (χ3n) is 4.70. The Morgan fingerprint density at radius 3 is 2.84 bits per heavy atom. The topological polar surface area (TPSA) is 86.3 Å². The monoisotopic (exact) mass is 341 g/mol. The van der Waals surface area contributed by atoms with Crippen LogP contribution in [0.5, 0.6) is 0 Å². The lowest BCUT2D eigenvalue weighted by molar-refractivity contribution is 0.0678. The van der Waals surface area contributed by atoms with Crippen molar-refractivity contribution in [3.05, 3.63) is 35.7 Å². The number of aromatic amines is 1. The summed E-state index contributed by atoms with van der Waals surface area (Å²) in [5.41, 5.74) is 2.67. The maximum atomic E-state index is 11.8. The minimum atomic E-state index is -0.907. The van der Waals surface area contributed by atoms with Crippen molar-refractivity contribution in [2.24, 2.45) is 0 Å². The Morgan fingerprint density at radius 2 is 2.20 bits per heavy atom. The summed E-state index contributed by atoms with van der Waals surface area (Å²) in [6, 6.07) is 1.80. The maximum absolute atomic E-state index is 11.8. The van der Waals surface area contributed by atoms with E-state index >= 15 is 0 Å². The number of pyridine rings is 1. The Labute approximate surface area is 146 Å². The van der Waals surface area contributed by atoms with Crippen LogP contribution in [0.25, 0.3) is 16.6 Å². The normalized spacial score (nSPS) is 18.0. The number of rotatable bonds is 3. The zero-order valence-corrected chi connectivity index (χ0v) is 14.7. The van der Waals surface area contributed by atoms with Gasteiger partial charge in [0.1, 0.15) is 5.65 Å². The third kappa shape index (κ3) is 3.16. The van der Waals surface area contributed by atoms with Gasteiger partial charge in [0.2, 0.25) is 0 Å². The summed E-state index contributed by atoms with van der Waals surface area (Å²) >= 11 is 0. The van der Waals surface area contributed by atoms with Gasteiger partial charge >= 0.3 is 6.09 Å². The van der Waals surface area contributed by atoms with Crippen molar-refractivity contribution in [2.75, 3.05) is 0 Å². The highest BCUT2D eigenvalue weighted by Crippen LogP contribution is 2.36. The average Bonchev–Trinajstić information content (AvgIpc) is 3.00. The second-order valence-electron chi connectivity index (χ2n) is 7.43. The standard InChI is InChI=1S/C19H23N3O3/c1-19(2,3)22(18(24)25)14-6-4-5-12(9-14)16-13(11-23)10-21-17-15(16)7-8-20-17/h5,7-8,10-11,14H,4,6,9H2,1-3H3,(H,20,21)(H,24,25). The van der Waals surface area contributed by atoms with E-state index in [0.29, 0.717) is 12.0 Å². The molecule has 0 radical (unpaired) electrons. The van der Waals surface area contributed by atoms with E-state index < -0.39 is 11.6 Å². The van der Waals surface area contributed by atoms with E-state index in [0.717, 1.165) is 41.3 Å². The molecule has 132 valence electrons. The van der Waals surface area contributed by atoms with E-state index in [9.17, 15) is 14.7 Å². The van der Waals surface area contributed by atoms with Crippen LogP contribution in [-0.2, 0) is 0 Å². The molecule has 6 nitrogen and oxygen atoms in total. The summed E-state index contributed by atoms with van der Waals surface area (Å²) in [6.45, 7) is 5.73. The zero-order chi connectivity index (χ0) is 18.2. The number of hydrogen-bond acceptors (Lipinski definition) is 3. The molecule has 1 atom stereocenters. The fraction of sp³-hybridized carbons (Fsp3) is 0.421. The van der Waals surface area contributed by atoms with Gasteiger partial charge in [0.15, 0.2) is 6.29 Å². The van der Waals surface area contributed by atoms with Gasteiger partial charge < -0.3 is 15.0 Å². The van der Waals surface area contributed by atoms with E-state index in [-0.39, 0.29) is 6.04 Å². The summed E-state index contributed by atoms with van der Waals surface area (Å²) < 4.78 is 0. The second kappa shape index (κ2) is 6.35. The van der Waals surface area contributed by atoms with Crippen LogP contribution in [0.4, 0.5) is 4.79 Å². The maximum Gasteiger partial charge on any atom is 0.407 e. The van der Waals surface area contributed by atoms with Crippen molar-refractivity contribution in [2.45, 2.75) is 51.6 Å². The number of nitrogens with zero attached hydrogens (tertiary/aromatic N) is 2. The van der Waals surface area contributed by atoms with Crippen LogP contribution in [0.2, 0.25) is 0 Å². The average molecular weight is 341 g/mol. The lowest BCUT2D eigenvalue weighted by Crippen LogP contribution is -2.51. The molecule has 25 heavy (non-hydrogen) atoms. The molecule has 1 aliphatic carbocycles. The summed E-state index contributed by atoms with van der Waals surface area (Å²) in [5.74, 6) is 0. The fourth-order valence-corrected chi connectivity index (χ4v) is 3.78. The number of hydrogen-bond donors (Lipinski definition) is 2. The number of fused-ring (bicyclic) bond motifs is 1. The molecule has 0 bridgehead atoms. The van der Waals surface area contributed by atoms with Crippen LogP contribution in [0.3, 0.4) is 0 Å². The Bertz CT molecular complexity index is 845. The molecule has 0 aromatic carbocycles. The highest BCUT2D eigenvalue weighted by Gasteiger charge is 2.35. The smallest absolute Gasteiger partial charge is 0.407 e. The first kappa shape index (κ1) is 17.2. The SMILES string of the molecule is CC(C)(C)N(C(=O)O)C1CCC=C(c2c(C=O)cnc3[nH]ccc23)C1. The zero-order valence-electron chi connectivity index (χ0n) is 14.7. The summed E-state index contributed by atoms with van der Waals surface area (Å²) in [6.07, 6.45) is 7.56. The number of aldehydes is 1. The van der Waals surface area contributed by atoms with Crippen LogP contribution in [-0.4, -0.2) is 43.9 Å². The van der Waals surface area contributed by atoms with Crippen molar-refractivity contribution in [3.8, 4) is 0 Å². The van der Waals surface area contributed by atoms with Crippen molar-refractivity contribution in [1.82, 2.24) is 14.9 Å². The number of carbonyl (C=O) groups excluding carboxylic acids is 1. The number of carboxylic acid groups (broad SMARTS) is 1. The number of amides is 1. The molecule has 1 amide bonds. The van der Waals surface area contributed by atoms with E-state index in [4.69, 9.17) is 0 Å². The molecule has 6 heteroatoms. The molecule has 0 saturated carbocycles. The van der Waals surface area contributed by atoms with Crippen LogP contribution in [0.15, 0.2) is 24.5 Å². The van der Waals surface area contributed by atoms with Crippen molar-refractivity contribution in [1.29, 1.82) is 0 Å². The van der Waals surface area contributed by atoms with Gasteiger partial charge in [-0.1, -0.05) is 6.08 Å². The molecule has 0 spiro atoms. The third-order valence-corrected chi connectivity index (χ3v) is 4.70. The predicted molar refractivity (Wildman–Crippen MR) is 96.7 cm³/mol. The number of aromatic nitrogens is 2. The molecule has 2 aromatic rings. The van der Waals surface area contributed by atoms with E-state index in [1.165, 1.54) is 4.90 Å². The molecule has 2 heterocycles. The lowest BCUT2D eigenvalue weighted by atomic mass is 9.85. The molecule has 0 aliphatic heterocycles. The largest absolute Gasteiger partial charge is 0.465 e. The van der Waals surface area contributed by atoms with E-state index in [2.05, 4.69) is 16.0 Å². The molecular weight excluding hydrogens is 318 g/mol. The van der Waals surface area contributed by atoms with Gasteiger partial charge in [0, 0.05) is 40.5 Å². The second-order valence-corrected chi connectivity index (χ2v) is 7.43. The molecule has 0 fully saturated rings. The number of carbonyl (C=O) groups is 2. The minimum Gasteiger partial charge on any atom is -0.465 e. The quantitative estimate of drug-likeness (QED) is 0.823. The van der Waals surface area contributed by atoms with Crippen molar-refractivity contribution in [3.63, 3.8) is 0 Å². The summed E-state index contributed by atoms with van der Waals surface area (Å²) in [7, 11) is 0. The fourth-order valence-electron chi connectivity index (χ4n) is 3.78. The van der Waals surface area contributed by atoms with Gasteiger partial charge in [0.25, 0.3) is 0 Å². The van der Waals surface area contributed by atoms with Crippen molar-refractivity contribution >= 4 is 29.0 Å². The van der Waals surface area contributed by atoms with Gasteiger partial charge in [0.05, 0.1) is 0 Å². The van der Waals surface area contributed by atoms with Gasteiger partial charge in [-0.2, -0.15) is 0 Å². The van der Waals surface area contributed by atoms with Crippen LogP contribution >= 0.6 is 0 Å². The highest BCUT2D eigenvalue weighted by molar-refractivity contribution is 5.98. The van der Waals surface area contributed by atoms with E-state index in [1.807, 2.05) is 26.8 Å². The van der Waals surface area contributed by atoms with Gasteiger partial charge in [-0.15, -0.1) is 0 Å². The Balaban J connectivity index is 2.03. The minimum absolute atomic E-state index is 0.112. The van der Waals surface area contributed by atoms with Crippen LogP contribution in [0.1, 0.15) is 56.0 Å². The number of H-pyrrole nitrogens is 1. The first-order valence-electron chi connectivity index (χ1n) is 8.46. The predicted octanol–water partition coefficient (Wildman–Crippen LogP) is 4.09. The Morgan fingerprint density at radius 1 is 1.44 bits per heavy atom. The van der Waals surface area contributed by atoms with Crippen LogP contribution in [0, 0.1) is 0 Å². The first-order valence-corrected chi connectivity index (χ1v) is 8.46. The highest BCUT2D eigenvalue weighted by atomic mass is 16.4. The molecule has 0 saturated heterocycles. The first-order chi connectivity index (χ1) is 11.8. The molecule has 1 unspecified atom stereocenters. The molecule has 2 N–H and O–H groups in total. The van der Waals surface area contributed by atoms with Gasteiger partial charge in [-0.25, -0.2) is 9.78 Å². The van der Waals surface area contributed by atoms with Gasteiger partial charge in [-0.05, 0) is 51.7 Å². The Hall–Kier alpha value is -2.63. The summed E-state index contributed by atoms with van der Waals surface area (Å²) in [5, 5.41) is 10.6. The summed E-state index contributed by atoms with van der Waals surface area (Å²) in [4.78, 5) is 32.2. The number of nitrogens with one attached hydrogen (secondary N) is 1. The van der Waals surface area contributed by atoms with Gasteiger partial charge in [-0.3, -0.25) is 4.79 Å². The number of allylic oxidation sites excluding steroid dienone is 1. The molecule has 2 aromatic heterocycles.